The highest BCUT2D eigenvalue weighted by Crippen LogP contribution is 2.25. The summed E-state index contributed by atoms with van der Waals surface area (Å²) >= 11 is 0. The Hall–Kier alpha value is -1.80. The Bertz CT molecular complexity index is 706. The molecular weight excluding hydrogens is 292 g/mol. The Kier molecular flexibility index (Phi) is 3.50. The maximum absolute atomic E-state index is 12.7. The molecule has 7 nitrogen and oxygen atoms in total. The number of carbonyl (C=O) groups excluding carboxylic acids is 1. The second-order valence-corrected chi connectivity index (χ2v) is 7.05. The fourth-order valence-electron chi connectivity index (χ4n) is 2.71. The molecule has 0 aromatic carbocycles. The van der Waals surface area contributed by atoms with Gasteiger partial charge in [0.1, 0.15) is 0 Å². The molecule has 0 radical (unpaired) electrons. The maximum atomic E-state index is 12.7. The number of pyridine rings is 1. The molecule has 0 bridgehead atoms. The number of rotatable bonds is 2. The van der Waals surface area contributed by atoms with E-state index in [2.05, 4.69) is 9.98 Å². The molecule has 0 spiro atoms. The Morgan fingerprint density at radius 3 is 2.71 bits per heavy atom. The summed E-state index contributed by atoms with van der Waals surface area (Å²) in [7, 11) is -3.63. The van der Waals surface area contributed by atoms with Crippen LogP contribution in [0.2, 0.25) is 0 Å². The molecule has 0 atom stereocenters. The molecule has 21 heavy (non-hydrogen) atoms. The average Bonchev–Trinajstić information content (AvgIpc) is 2.92. The van der Waals surface area contributed by atoms with Gasteiger partial charge >= 0.3 is 0 Å². The molecule has 1 saturated heterocycles. The number of primary amides is 1. The van der Waals surface area contributed by atoms with E-state index < -0.39 is 10.0 Å². The monoisotopic (exact) mass is 308 g/mol. The van der Waals surface area contributed by atoms with Crippen LogP contribution in [-0.2, 0) is 21.4 Å². The second kappa shape index (κ2) is 5.19. The third-order valence-electron chi connectivity index (χ3n) is 3.93. The van der Waals surface area contributed by atoms with Crippen LogP contribution in [0.3, 0.4) is 0 Å². The highest BCUT2D eigenvalue weighted by Gasteiger charge is 2.36. The molecule has 1 aromatic heterocycles. The van der Waals surface area contributed by atoms with Crippen LogP contribution in [-0.4, -0.2) is 41.7 Å². The van der Waals surface area contributed by atoms with Gasteiger partial charge in [0.25, 0.3) is 10.0 Å². The van der Waals surface area contributed by atoms with Crippen molar-refractivity contribution in [2.75, 3.05) is 13.1 Å². The molecule has 2 N–H and O–H groups in total. The number of hydrogen-bond acceptors (Lipinski definition) is 5. The van der Waals surface area contributed by atoms with Crippen molar-refractivity contribution in [2.45, 2.75) is 19.4 Å². The van der Waals surface area contributed by atoms with Crippen molar-refractivity contribution in [3.05, 3.63) is 29.6 Å². The number of aromatic nitrogens is 1. The third-order valence-corrected chi connectivity index (χ3v) is 5.82. The fourth-order valence-corrected chi connectivity index (χ4v) is 4.34. The highest BCUT2D eigenvalue weighted by molar-refractivity contribution is 8.05. The molecule has 1 amide bonds. The molecule has 3 heterocycles. The molecule has 0 saturated carbocycles. The van der Waals surface area contributed by atoms with Crippen molar-refractivity contribution in [1.82, 2.24) is 9.29 Å². The van der Waals surface area contributed by atoms with E-state index in [1.54, 1.807) is 18.3 Å². The van der Waals surface area contributed by atoms with Crippen LogP contribution < -0.4 is 5.73 Å². The largest absolute Gasteiger partial charge is 0.369 e. The number of sulfonamides is 1. The van der Waals surface area contributed by atoms with Crippen molar-refractivity contribution in [1.29, 1.82) is 0 Å². The van der Waals surface area contributed by atoms with E-state index in [0.29, 0.717) is 43.7 Å². The van der Waals surface area contributed by atoms with Gasteiger partial charge in [-0.1, -0.05) is 0 Å². The number of nitrogens with two attached hydrogens (primary N) is 1. The first kappa shape index (κ1) is 14.2. The van der Waals surface area contributed by atoms with Crippen LogP contribution in [0.25, 0.3) is 0 Å². The lowest BCUT2D eigenvalue weighted by molar-refractivity contribution is -0.122. The quantitative estimate of drug-likeness (QED) is 0.821. The van der Waals surface area contributed by atoms with Gasteiger partial charge in [-0.25, -0.2) is 8.42 Å². The lowest BCUT2D eigenvalue weighted by atomic mass is 9.98. The molecule has 2 aliphatic rings. The first-order valence-electron chi connectivity index (χ1n) is 6.78. The molecule has 8 heteroatoms. The van der Waals surface area contributed by atoms with Crippen LogP contribution in [0, 0.1) is 5.92 Å². The number of aliphatic imine (C=N–C) groups is 1. The van der Waals surface area contributed by atoms with Gasteiger partial charge in [0.2, 0.25) is 5.91 Å². The third kappa shape index (κ3) is 2.44. The Labute approximate surface area is 122 Å². The van der Waals surface area contributed by atoms with Crippen molar-refractivity contribution >= 4 is 21.0 Å². The number of hydrogen-bond donors (Lipinski definition) is 1. The van der Waals surface area contributed by atoms with Crippen molar-refractivity contribution < 1.29 is 13.2 Å². The van der Waals surface area contributed by atoms with Crippen LogP contribution in [0.1, 0.15) is 24.1 Å². The Morgan fingerprint density at radius 1 is 1.33 bits per heavy atom. The van der Waals surface area contributed by atoms with Crippen LogP contribution in [0.4, 0.5) is 0 Å². The van der Waals surface area contributed by atoms with Gasteiger partial charge in [-0.05, 0) is 25.0 Å². The predicted molar refractivity (Wildman–Crippen MR) is 76.9 cm³/mol. The van der Waals surface area contributed by atoms with E-state index >= 15 is 0 Å². The van der Waals surface area contributed by atoms with E-state index in [9.17, 15) is 13.2 Å². The average molecular weight is 308 g/mol. The molecule has 0 aliphatic carbocycles. The Morgan fingerprint density at radius 2 is 2.05 bits per heavy atom. The van der Waals surface area contributed by atoms with E-state index in [1.807, 2.05) is 0 Å². The zero-order valence-corrected chi connectivity index (χ0v) is 12.2. The summed E-state index contributed by atoms with van der Waals surface area (Å²) in [6.45, 7) is 0.887. The van der Waals surface area contributed by atoms with E-state index in [-0.39, 0.29) is 16.9 Å². The molecular formula is C13H16N4O3S. The van der Waals surface area contributed by atoms with Gasteiger partial charge in [0, 0.05) is 30.8 Å². The van der Waals surface area contributed by atoms with Gasteiger partial charge in [0.05, 0.1) is 12.2 Å². The summed E-state index contributed by atoms with van der Waals surface area (Å²) in [4.78, 5) is 19.4. The lowest BCUT2D eigenvalue weighted by Crippen LogP contribution is -2.44. The molecule has 3 rings (SSSR count). The molecule has 1 fully saturated rings. The van der Waals surface area contributed by atoms with Gasteiger partial charge in [-0.2, -0.15) is 4.31 Å². The van der Waals surface area contributed by atoms with Gasteiger partial charge < -0.3 is 5.73 Å². The fraction of sp³-hybridized carbons (Fsp3) is 0.462. The number of piperidine rings is 1. The predicted octanol–water partition coefficient (Wildman–Crippen LogP) is -0.131. The topological polar surface area (TPSA) is 106 Å². The molecule has 0 unspecified atom stereocenters. The molecule has 1 aromatic rings. The lowest BCUT2D eigenvalue weighted by Gasteiger charge is -2.29. The number of amides is 1. The van der Waals surface area contributed by atoms with E-state index in [1.165, 1.54) is 4.31 Å². The molecule has 2 aliphatic heterocycles. The first-order valence-corrected chi connectivity index (χ1v) is 8.22. The SMILES string of the molecule is NC(=O)C1CCN(S(=O)(=O)C2=NCc3ncccc32)CC1. The zero-order chi connectivity index (χ0) is 15.0. The van der Waals surface area contributed by atoms with Crippen molar-refractivity contribution in [2.24, 2.45) is 16.6 Å². The number of nitrogens with zero attached hydrogens (tertiary/aromatic N) is 3. The summed E-state index contributed by atoms with van der Waals surface area (Å²) in [5, 5.41) is 0.0862. The van der Waals surface area contributed by atoms with Crippen LogP contribution in [0.15, 0.2) is 23.3 Å². The van der Waals surface area contributed by atoms with Gasteiger partial charge in [-0.15, -0.1) is 0 Å². The highest BCUT2D eigenvalue weighted by atomic mass is 32.2. The smallest absolute Gasteiger partial charge is 0.260 e. The van der Waals surface area contributed by atoms with Gasteiger partial charge in [-0.3, -0.25) is 14.8 Å². The van der Waals surface area contributed by atoms with Crippen LogP contribution in [0.5, 0.6) is 0 Å². The summed E-state index contributed by atoms with van der Waals surface area (Å²) in [5.74, 6) is -0.601. The van der Waals surface area contributed by atoms with Crippen molar-refractivity contribution in [3.63, 3.8) is 0 Å². The minimum atomic E-state index is -3.63. The number of carbonyl (C=O) groups is 1. The first-order chi connectivity index (χ1) is 10.00. The summed E-state index contributed by atoms with van der Waals surface area (Å²) in [5.41, 5.74) is 6.53. The summed E-state index contributed by atoms with van der Waals surface area (Å²) < 4.78 is 26.7. The standard InChI is InChI=1S/C13H16N4O3S/c14-12(18)9-3-6-17(7-4-9)21(19,20)13-10-2-1-5-15-11(10)8-16-13/h1-2,5,9H,3-4,6-8H2,(H2,14,18). The normalized spacial score (nSPS) is 20.1. The molecule has 112 valence electrons. The minimum absolute atomic E-state index is 0.0862. The maximum Gasteiger partial charge on any atom is 0.260 e. The minimum Gasteiger partial charge on any atom is -0.369 e. The van der Waals surface area contributed by atoms with E-state index in [0.717, 1.165) is 0 Å². The summed E-state index contributed by atoms with van der Waals surface area (Å²) in [6.07, 6.45) is 2.55. The Balaban J connectivity index is 1.82. The van der Waals surface area contributed by atoms with Gasteiger partial charge in [0.15, 0.2) is 5.04 Å². The zero-order valence-electron chi connectivity index (χ0n) is 11.4. The van der Waals surface area contributed by atoms with Crippen molar-refractivity contribution in [3.8, 4) is 0 Å². The number of fused-ring (bicyclic) bond motifs is 1. The van der Waals surface area contributed by atoms with Crippen LogP contribution >= 0.6 is 0 Å². The van der Waals surface area contributed by atoms with E-state index in [4.69, 9.17) is 5.73 Å². The second-order valence-electron chi connectivity index (χ2n) is 5.20. The summed E-state index contributed by atoms with van der Waals surface area (Å²) in [6, 6.07) is 3.43.